The Hall–Kier alpha value is -1.26. The van der Waals surface area contributed by atoms with Gasteiger partial charge in [-0.15, -0.1) is 0 Å². The minimum Gasteiger partial charge on any atom is -0.480 e. The molecule has 0 aliphatic carbocycles. The van der Waals surface area contributed by atoms with Gasteiger partial charge in [0.1, 0.15) is 6.04 Å². The van der Waals surface area contributed by atoms with Crippen LogP contribution in [0.1, 0.15) is 52.4 Å². The SMILES string of the molecule is CCCCC(CC)CNC(=O)N1CCCC1C(=O)O. The zero-order chi connectivity index (χ0) is 14.3. The molecule has 5 heteroatoms. The normalized spacial score (nSPS) is 20.3. The number of amides is 2. The molecule has 5 nitrogen and oxygen atoms in total. The van der Waals surface area contributed by atoms with Gasteiger partial charge in [-0.05, 0) is 25.2 Å². The lowest BCUT2D eigenvalue weighted by Gasteiger charge is -2.23. The van der Waals surface area contributed by atoms with Gasteiger partial charge in [0.05, 0.1) is 0 Å². The van der Waals surface area contributed by atoms with E-state index < -0.39 is 12.0 Å². The summed E-state index contributed by atoms with van der Waals surface area (Å²) in [5.41, 5.74) is 0. The van der Waals surface area contributed by atoms with Gasteiger partial charge in [-0.3, -0.25) is 0 Å². The predicted molar refractivity (Wildman–Crippen MR) is 74.1 cm³/mol. The standard InChI is InChI=1S/C14H26N2O3/c1-3-5-7-11(4-2)10-15-14(19)16-9-6-8-12(16)13(17)18/h11-12H,3-10H2,1-2H3,(H,15,19)(H,17,18). The number of hydrogen-bond donors (Lipinski definition) is 2. The van der Waals surface area contributed by atoms with E-state index in [1.807, 2.05) is 0 Å². The predicted octanol–water partition coefficient (Wildman–Crippen LogP) is 2.46. The summed E-state index contributed by atoms with van der Waals surface area (Å²) in [6.07, 6.45) is 5.85. The highest BCUT2D eigenvalue weighted by molar-refractivity contribution is 5.83. The van der Waals surface area contributed by atoms with Crippen LogP contribution < -0.4 is 5.32 Å². The monoisotopic (exact) mass is 270 g/mol. The van der Waals surface area contributed by atoms with Crippen molar-refractivity contribution in [3.63, 3.8) is 0 Å². The summed E-state index contributed by atoms with van der Waals surface area (Å²) < 4.78 is 0. The molecule has 2 atom stereocenters. The van der Waals surface area contributed by atoms with Crippen molar-refractivity contribution in [3.8, 4) is 0 Å². The van der Waals surface area contributed by atoms with E-state index in [-0.39, 0.29) is 6.03 Å². The number of likely N-dealkylation sites (tertiary alicyclic amines) is 1. The third-order valence-electron chi connectivity index (χ3n) is 3.88. The number of rotatable bonds is 7. The number of nitrogens with zero attached hydrogens (tertiary/aromatic N) is 1. The summed E-state index contributed by atoms with van der Waals surface area (Å²) in [6.45, 7) is 5.49. The molecule has 1 aliphatic heterocycles. The van der Waals surface area contributed by atoms with Crippen molar-refractivity contribution in [1.82, 2.24) is 10.2 Å². The molecule has 2 N–H and O–H groups in total. The van der Waals surface area contributed by atoms with Crippen molar-refractivity contribution in [2.75, 3.05) is 13.1 Å². The number of carbonyl (C=O) groups excluding carboxylic acids is 1. The van der Waals surface area contributed by atoms with Gasteiger partial charge in [0.15, 0.2) is 0 Å². The maximum absolute atomic E-state index is 12.0. The third kappa shape index (κ3) is 4.73. The lowest BCUT2D eigenvalue weighted by molar-refractivity contribution is -0.141. The minimum absolute atomic E-state index is 0.222. The van der Waals surface area contributed by atoms with E-state index in [4.69, 9.17) is 5.11 Å². The van der Waals surface area contributed by atoms with E-state index in [9.17, 15) is 9.59 Å². The molecule has 0 aromatic heterocycles. The fraction of sp³-hybridized carbons (Fsp3) is 0.857. The molecule has 0 radical (unpaired) electrons. The summed E-state index contributed by atoms with van der Waals surface area (Å²) in [6, 6.07) is -0.865. The summed E-state index contributed by atoms with van der Waals surface area (Å²) in [4.78, 5) is 24.5. The van der Waals surface area contributed by atoms with Crippen LogP contribution in [0.2, 0.25) is 0 Å². The van der Waals surface area contributed by atoms with Gasteiger partial charge in [0, 0.05) is 13.1 Å². The molecule has 2 amide bonds. The quantitative estimate of drug-likeness (QED) is 0.746. The van der Waals surface area contributed by atoms with Gasteiger partial charge >= 0.3 is 12.0 Å². The van der Waals surface area contributed by atoms with Crippen LogP contribution in [-0.4, -0.2) is 41.1 Å². The molecule has 0 aromatic carbocycles. The number of carboxylic acid groups (broad SMARTS) is 1. The number of carboxylic acids is 1. The fourth-order valence-corrected chi connectivity index (χ4v) is 2.54. The Morgan fingerprint density at radius 2 is 2.16 bits per heavy atom. The third-order valence-corrected chi connectivity index (χ3v) is 3.88. The van der Waals surface area contributed by atoms with Crippen molar-refractivity contribution in [3.05, 3.63) is 0 Å². The van der Waals surface area contributed by atoms with E-state index in [0.29, 0.717) is 25.4 Å². The first-order chi connectivity index (χ1) is 9.10. The molecule has 110 valence electrons. The van der Waals surface area contributed by atoms with Gasteiger partial charge in [-0.25, -0.2) is 9.59 Å². The highest BCUT2D eigenvalue weighted by Gasteiger charge is 2.33. The molecule has 0 spiro atoms. The average Bonchev–Trinajstić information content (AvgIpc) is 2.88. The molecule has 1 fully saturated rings. The van der Waals surface area contributed by atoms with Crippen molar-refractivity contribution in [2.24, 2.45) is 5.92 Å². The number of hydrogen-bond acceptors (Lipinski definition) is 2. The van der Waals surface area contributed by atoms with Crippen molar-refractivity contribution < 1.29 is 14.7 Å². The molecule has 0 aromatic rings. The van der Waals surface area contributed by atoms with E-state index in [0.717, 1.165) is 25.7 Å². The van der Waals surface area contributed by atoms with Crippen molar-refractivity contribution in [1.29, 1.82) is 0 Å². The first-order valence-corrected chi connectivity index (χ1v) is 7.37. The Kier molecular flexibility index (Phi) is 6.67. The molecule has 0 bridgehead atoms. The molecule has 1 rings (SSSR count). The number of nitrogens with one attached hydrogen (secondary N) is 1. The van der Waals surface area contributed by atoms with Crippen LogP contribution in [0.3, 0.4) is 0 Å². The molecule has 2 unspecified atom stereocenters. The molecule has 1 heterocycles. The maximum Gasteiger partial charge on any atom is 0.326 e. The molecule has 1 aliphatic rings. The Bertz CT molecular complexity index is 307. The van der Waals surface area contributed by atoms with Crippen LogP contribution in [0.25, 0.3) is 0 Å². The lowest BCUT2D eigenvalue weighted by Crippen LogP contribution is -2.47. The second-order valence-corrected chi connectivity index (χ2v) is 5.29. The molecule has 1 saturated heterocycles. The average molecular weight is 270 g/mol. The Morgan fingerprint density at radius 3 is 2.74 bits per heavy atom. The molecule has 19 heavy (non-hydrogen) atoms. The molecule has 0 saturated carbocycles. The van der Waals surface area contributed by atoms with Crippen molar-refractivity contribution >= 4 is 12.0 Å². The summed E-state index contributed by atoms with van der Waals surface area (Å²) in [5, 5.41) is 11.9. The first-order valence-electron chi connectivity index (χ1n) is 7.37. The maximum atomic E-state index is 12.0. The second kappa shape index (κ2) is 8.02. The molecular formula is C14H26N2O3. The van der Waals surface area contributed by atoms with Crippen LogP contribution in [-0.2, 0) is 4.79 Å². The summed E-state index contributed by atoms with van der Waals surface area (Å²) in [5.74, 6) is -0.402. The summed E-state index contributed by atoms with van der Waals surface area (Å²) in [7, 11) is 0. The Morgan fingerprint density at radius 1 is 1.42 bits per heavy atom. The number of urea groups is 1. The fourth-order valence-electron chi connectivity index (χ4n) is 2.54. The first kappa shape index (κ1) is 15.8. The van der Waals surface area contributed by atoms with Crippen LogP contribution in [0.4, 0.5) is 4.79 Å². The number of aliphatic carboxylic acids is 1. The topological polar surface area (TPSA) is 69.6 Å². The largest absolute Gasteiger partial charge is 0.480 e. The van der Waals surface area contributed by atoms with Gasteiger partial charge in [-0.1, -0.05) is 33.1 Å². The Balaban J connectivity index is 2.39. The van der Waals surface area contributed by atoms with Crippen molar-refractivity contribution in [2.45, 2.75) is 58.4 Å². The minimum atomic E-state index is -0.898. The highest BCUT2D eigenvalue weighted by Crippen LogP contribution is 2.18. The van der Waals surface area contributed by atoms with Gasteiger partial charge in [0.2, 0.25) is 0 Å². The van der Waals surface area contributed by atoms with Crippen LogP contribution in [0, 0.1) is 5.92 Å². The van der Waals surface area contributed by atoms with Gasteiger partial charge in [-0.2, -0.15) is 0 Å². The van der Waals surface area contributed by atoms with Crippen LogP contribution >= 0.6 is 0 Å². The number of carbonyl (C=O) groups is 2. The van der Waals surface area contributed by atoms with E-state index in [1.165, 1.54) is 11.3 Å². The Labute approximate surface area is 115 Å². The van der Waals surface area contributed by atoms with E-state index >= 15 is 0 Å². The number of unbranched alkanes of at least 4 members (excludes halogenated alkanes) is 1. The summed E-state index contributed by atoms with van der Waals surface area (Å²) >= 11 is 0. The second-order valence-electron chi connectivity index (χ2n) is 5.29. The van der Waals surface area contributed by atoms with E-state index in [1.54, 1.807) is 0 Å². The zero-order valence-electron chi connectivity index (χ0n) is 12.0. The van der Waals surface area contributed by atoms with Crippen LogP contribution in [0.15, 0.2) is 0 Å². The molecular weight excluding hydrogens is 244 g/mol. The smallest absolute Gasteiger partial charge is 0.326 e. The van der Waals surface area contributed by atoms with Gasteiger partial charge < -0.3 is 15.3 Å². The van der Waals surface area contributed by atoms with Gasteiger partial charge in [0.25, 0.3) is 0 Å². The lowest BCUT2D eigenvalue weighted by atomic mass is 9.99. The highest BCUT2D eigenvalue weighted by atomic mass is 16.4. The van der Waals surface area contributed by atoms with Crippen LogP contribution in [0.5, 0.6) is 0 Å². The zero-order valence-corrected chi connectivity index (χ0v) is 12.0. The van der Waals surface area contributed by atoms with E-state index in [2.05, 4.69) is 19.2 Å².